The van der Waals surface area contributed by atoms with E-state index in [9.17, 15) is 15.0 Å². The first kappa shape index (κ1) is 36.1. The molecule has 0 aliphatic carbocycles. The minimum absolute atomic E-state index is 0.0570. The van der Waals surface area contributed by atoms with Gasteiger partial charge in [-0.2, -0.15) is 0 Å². The maximum absolute atomic E-state index is 11.6. The Morgan fingerprint density at radius 2 is 1.02 bits per heavy atom. The van der Waals surface area contributed by atoms with Crippen LogP contribution in [0.5, 0.6) is 11.5 Å². The van der Waals surface area contributed by atoms with Gasteiger partial charge in [0.15, 0.2) is 11.5 Å². The standard InChI is InChI=1S/C36H62O4/c1-3-4-5-6-7-8-9-10-11-12-13-14-15-16-17-18-19-20-21-22-23-24-25-26-27-33(36(38)39)30-32-28-29-34(37)35(31-32)40-2/h28-31,37H,3-27H2,1-2H3,(H,38,39). The predicted octanol–water partition coefficient (Wildman–Crippen LogP) is 11.6. The number of hydrogen-bond donors (Lipinski definition) is 2. The van der Waals surface area contributed by atoms with Gasteiger partial charge in [-0.3, -0.25) is 0 Å². The number of phenols is 1. The molecule has 0 saturated heterocycles. The number of hydrogen-bond acceptors (Lipinski definition) is 3. The number of unbranched alkanes of at least 4 members (excludes halogenated alkanes) is 23. The van der Waals surface area contributed by atoms with Crippen LogP contribution in [0.1, 0.15) is 173 Å². The number of methoxy groups -OCH3 is 1. The number of carboxylic acid groups (broad SMARTS) is 1. The smallest absolute Gasteiger partial charge is 0.331 e. The van der Waals surface area contributed by atoms with Crippen molar-refractivity contribution in [2.45, 2.75) is 167 Å². The Bertz CT molecular complexity index is 770. The summed E-state index contributed by atoms with van der Waals surface area (Å²) in [5, 5.41) is 19.3. The van der Waals surface area contributed by atoms with Gasteiger partial charge in [-0.25, -0.2) is 4.79 Å². The third kappa shape index (κ3) is 20.0. The lowest BCUT2D eigenvalue weighted by Gasteiger charge is -2.06. The van der Waals surface area contributed by atoms with Crippen LogP contribution in [0.15, 0.2) is 23.8 Å². The van der Waals surface area contributed by atoms with E-state index in [1.54, 1.807) is 18.2 Å². The van der Waals surface area contributed by atoms with Crippen LogP contribution in [-0.4, -0.2) is 23.3 Å². The Morgan fingerprint density at radius 3 is 1.38 bits per heavy atom. The fourth-order valence-corrected chi connectivity index (χ4v) is 5.50. The molecular formula is C36H62O4. The lowest BCUT2D eigenvalue weighted by atomic mass is 10.0. The summed E-state index contributed by atoms with van der Waals surface area (Å²) < 4.78 is 5.12. The van der Waals surface area contributed by atoms with Crippen LogP contribution in [0.4, 0.5) is 0 Å². The summed E-state index contributed by atoms with van der Waals surface area (Å²) in [6.45, 7) is 2.29. The summed E-state index contributed by atoms with van der Waals surface area (Å²) in [5.41, 5.74) is 1.14. The molecule has 0 aliphatic rings. The van der Waals surface area contributed by atoms with Crippen molar-refractivity contribution in [1.82, 2.24) is 0 Å². The lowest BCUT2D eigenvalue weighted by Crippen LogP contribution is -2.00. The molecule has 0 heterocycles. The van der Waals surface area contributed by atoms with Gasteiger partial charge >= 0.3 is 5.97 Å². The van der Waals surface area contributed by atoms with E-state index in [1.807, 2.05) is 0 Å². The van der Waals surface area contributed by atoms with Gasteiger partial charge in [0, 0.05) is 5.57 Å². The van der Waals surface area contributed by atoms with Crippen LogP contribution in [-0.2, 0) is 4.79 Å². The highest BCUT2D eigenvalue weighted by Crippen LogP contribution is 2.28. The molecule has 1 aromatic carbocycles. The van der Waals surface area contributed by atoms with Crippen molar-refractivity contribution in [2.75, 3.05) is 7.11 Å². The van der Waals surface area contributed by atoms with E-state index < -0.39 is 5.97 Å². The molecule has 0 unspecified atom stereocenters. The van der Waals surface area contributed by atoms with Crippen LogP contribution < -0.4 is 4.74 Å². The fraction of sp³-hybridized carbons (Fsp3) is 0.750. The molecule has 0 saturated carbocycles. The highest BCUT2D eigenvalue weighted by atomic mass is 16.5. The number of aliphatic carboxylic acids is 1. The van der Waals surface area contributed by atoms with E-state index in [0.717, 1.165) is 18.4 Å². The zero-order valence-electron chi connectivity index (χ0n) is 26.2. The van der Waals surface area contributed by atoms with Crippen molar-refractivity contribution in [3.05, 3.63) is 29.3 Å². The molecule has 1 aromatic rings. The molecule has 0 fully saturated rings. The SMILES string of the molecule is CCCCCCCCCCCCCCCCCCCCCCCCCCC(=Cc1ccc(O)c(OC)c1)C(=O)O. The summed E-state index contributed by atoms with van der Waals surface area (Å²) in [6, 6.07) is 4.91. The van der Waals surface area contributed by atoms with Crippen molar-refractivity contribution >= 4 is 12.0 Å². The maximum Gasteiger partial charge on any atom is 0.331 e. The van der Waals surface area contributed by atoms with Crippen LogP contribution in [0, 0.1) is 0 Å². The van der Waals surface area contributed by atoms with Crippen LogP contribution in [0.2, 0.25) is 0 Å². The molecule has 4 nitrogen and oxygen atoms in total. The van der Waals surface area contributed by atoms with Crippen molar-refractivity contribution in [1.29, 1.82) is 0 Å². The summed E-state index contributed by atoms with van der Waals surface area (Å²) >= 11 is 0. The summed E-state index contributed by atoms with van der Waals surface area (Å²) in [7, 11) is 1.49. The topological polar surface area (TPSA) is 66.8 Å². The average Bonchev–Trinajstić information content (AvgIpc) is 2.95. The van der Waals surface area contributed by atoms with Crippen molar-refractivity contribution in [3.63, 3.8) is 0 Å². The Labute approximate surface area is 247 Å². The molecule has 0 atom stereocenters. The molecule has 2 N–H and O–H groups in total. The second kappa shape index (κ2) is 26.0. The third-order valence-corrected chi connectivity index (χ3v) is 8.12. The molecule has 1 rings (SSSR count). The first-order chi connectivity index (χ1) is 19.6. The minimum Gasteiger partial charge on any atom is -0.504 e. The monoisotopic (exact) mass is 558 g/mol. The van der Waals surface area contributed by atoms with Crippen molar-refractivity contribution in [2.24, 2.45) is 0 Å². The van der Waals surface area contributed by atoms with Crippen LogP contribution >= 0.6 is 0 Å². The first-order valence-corrected chi connectivity index (χ1v) is 16.9. The van der Waals surface area contributed by atoms with E-state index in [1.165, 1.54) is 154 Å². The largest absolute Gasteiger partial charge is 0.504 e. The maximum atomic E-state index is 11.6. The van der Waals surface area contributed by atoms with Gasteiger partial charge in [0.05, 0.1) is 7.11 Å². The lowest BCUT2D eigenvalue weighted by molar-refractivity contribution is -0.132. The quantitative estimate of drug-likeness (QED) is 0.0792. The van der Waals surface area contributed by atoms with Gasteiger partial charge in [0.2, 0.25) is 0 Å². The van der Waals surface area contributed by atoms with Crippen LogP contribution in [0.25, 0.3) is 6.08 Å². The van der Waals surface area contributed by atoms with Gasteiger partial charge in [-0.05, 0) is 36.6 Å². The number of ether oxygens (including phenoxy) is 1. The van der Waals surface area contributed by atoms with E-state index in [0.29, 0.717) is 17.7 Å². The summed E-state index contributed by atoms with van der Waals surface area (Å²) in [5.74, 6) is -0.462. The molecule has 0 radical (unpaired) electrons. The Hall–Kier alpha value is -1.97. The second-order valence-corrected chi connectivity index (χ2v) is 11.8. The number of phenolic OH excluding ortho intramolecular Hbond substituents is 1. The number of benzene rings is 1. The molecule has 0 aliphatic heterocycles. The molecule has 0 spiro atoms. The first-order valence-electron chi connectivity index (χ1n) is 16.9. The second-order valence-electron chi connectivity index (χ2n) is 11.8. The molecule has 0 aromatic heterocycles. The Kier molecular flexibility index (Phi) is 23.4. The van der Waals surface area contributed by atoms with Gasteiger partial charge in [-0.15, -0.1) is 0 Å². The summed E-state index contributed by atoms with van der Waals surface area (Å²) in [4.78, 5) is 11.6. The third-order valence-electron chi connectivity index (χ3n) is 8.12. The highest BCUT2D eigenvalue weighted by Gasteiger charge is 2.09. The van der Waals surface area contributed by atoms with E-state index in [4.69, 9.17) is 4.74 Å². The molecule has 0 bridgehead atoms. The molecule has 230 valence electrons. The highest BCUT2D eigenvalue weighted by molar-refractivity contribution is 5.92. The number of rotatable bonds is 28. The summed E-state index contributed by atoms with van der Waals surface area (Å²) in [6.07, 6.45) is 34.9. The molecule has 0 amide bonds. The minimum atomic E-state index is -0.874. The van der Waals surface area contributed by atoms with Crippen molar-refractivity contribution < 1.29 is 19.7 Å². The zero-order valence-corrected chi connectivity index (χ0v) is 26.2. The van der Waals surface area contributed by atoms with Gasteiger partial charge in [0.25, 0.3) is 0 Å². The number of carboxylic acids is 1. The van der Waals surface area contributed by atoms with Crippen molar-refractivity contribution in [3.8, 4) is 11.5 Å². The predicted molar refractivity (Wildman–Crippen MR) is 171 cm³/mol. The van der Waals surface area contributed by atoms with Crippen LogP contribution in [0.3, 0.4) is 0 Å². The van der Waals surface area contributed by atoms with E-state index in [2.05, 4.69) is 6.92 Å². The number of carbonyl (C=O) groups is 1. The molecular weight excluding hydrogens is 496 g/mol. The van der Waals surface area contributed by atoms with E-state index >= 15 is 0 Å². The van der Waals surface area contributed by atoms with Gasteiger partial charge in [-0.1, -0.05) is 161 Å². The average molecular weight is 559 g/mol. The molecule has 40 heavy (non-hydrogen) atoms. The Morgan fingerprint density at radius 1 is 0.650 bits per heavy atom. The zero-order chi connectivity index (χ0) is 29.1. The number of aromatic hydroxyl groups is 1. The van der Waals surface area contributed by atoms with Gasteiger partial charge < -0.3 is 14.9 Å². The molecule has 4 heteroatoms. The normalized spacial score (nSPS) is 11.7. The van der Waals surface area contributed by atoms with E-state index in [-0.39, 0.29) is 5.75 Å². The Balaban J connectivity index is 1.88. The van der Waals surface area contributed by atoms with Gasteiger partial charge in [0.1, 0.15) is 0 Å². The fourth-order valence-electron chi connectivity index (χ4n) is 5.50.